The van der Waals surface area contributed by atoms with Crippen molar-refractivity contribution in [1.29, 1.82) is 0 Å². The van der Waals surface area contributed by atoms with Crippen LogP contribution >= 0.6 is 0 Å². The first-order chi connectivity index (χ1) is 11.0. The molecule has 0 radical (unpaired) electrons. The molecule has 2 aromatic rings. The second-order valence-corrected chi connectivity index (χ2v) is 6.55. The Kier molecular flexibility index (Phi) is 4.22. The number of nitrogens with zero attached hydrogens (tertiary/aromatic N) is 2. The van der Waals surface area contributed by atoms with E-state index in [0.717, 1.165) is 11.3 Å². The molecule has 1 aromatic heterocycles. The topological polar surface area (TPSA) is 69.2 Å². The fraction of sp³-hybridized carbons (Fsp3) is 0.444. The van der Waals surface area contributed by atoms with Gasteiger partial charge in [0.15, 0.2) is 0 Å². The van der Waals surface area contributed by atoms with Gasteiger partial charge in [-0.3, -0.25) is 9.89 Å². The molecule has 1 aromatic carbocycles. The molecule has 23 heavy (non-hydrogen) atoms. The van der Waals surface area contributed by atoms with Crippen LogP contribution in [0.3, 0.4) is 0 Å². The van der Waals surface area contributed by atoms with Gasteiger partial charge < -0.3 is 10.0 Å². The molecular weight excluding hydrogens is 290 g/mol. The second-order valence-electron chi connectivity index (χ2n) is 6.55. The van der Waals surface area contributed by atoms with E-state index >= 15 is 0 Å². The summed E-state index contributed by atoms with van der Waals surface area (Å²) in [6, 6.07) is 7.97. The van der Waals surface area contributed by atoms with Crippen LogP contribution in [0.2, 0.25) is 0 Å². The average molecular weight is 313 g/mol. The Morgan fingerprint density at radius 3 is 2.78 bits per heavy atom. The van der Waals surface area contributed by atoms with E-state index in [2.05, 4.69) is 36.2 Å². The highest BCUT2D eigenvalue weighted by molar-refractivity contribution is 5.93. The third-order valence-corrected chi connectivity index (χ3v) is 4.76. The predicted octanol–water partition coefficient (Wildman–Crippen LogP) is 2.54. The van der Waals surface area contributed by atoms with Crippen molar-refractivity contribution in [3.05, 3.63) is 41.1 Å². The zero-order chi connectivity index (χ0) is 16.6. The van der Waals surface area contributed by atoms with Crippen molar-refractivity contribution in [3.8, 4) is 11.3 Å². The summed E-state index contributed by atoms with van der Waals surface area (Å²) in [4.78, 5) is 14.4. The van der Waals surface area contributed by atoms with Gasteiger partial charge in [-0.25, -0.2) is 0 Å². The highest BCUT2D eigenvalue weighted by Crippen LogP contribution is 2.23. The molecule has 0 bridgehead atoms. The fourth-order valence-corrected chi connectivity index (χ4v) is 2.97. The van der Waals surface area contributed by atoms with Crippen molar-refractivity contribution in [2.24, 2.45) is 5.92 Å². The first-order valence-electron chi connectivity index (χ1n) is 8.06. The number of benzene rings is 1. The van der Waals surface area contributed by atoms with E-state index in [1.54, 1.807) is 4.90 Å². The zero-order valence-electron chi connectivity index (χ0n) is 13.8. The number of H-pyrrole nitrogens is 1. The molecule has 2 atom stereocenters. The number of carbonyl (C=O) groups excluding carboxylic acids is 1. The van der Waals surface area contributed by atoms with Crippen molar-refractivity contribution in [1.82, 2.24) is 15.1 Å². The van der Waals surface area contributed by atoms with Crippen LogP contribution < -0.4 is 0 Å². The molecular formula is C18H23N3O2. The predicted molar refractivity (Wildman–Crippen MR) is 89.2 cm³/mol. The molecule has 0 unspecified atom stereocenters. The van der Waals surface area contributed by atoms with E-state index in [-0.39, 0.29) is 17.9 Å². The minimum Gasteiger partial charge on any atom is -0.393 e. The highest BCUT2D eigenvalue weighted by Gasteiger charge is 2.28. The molecule has 122 valence electrons. The Balaban J connectivity index is 1.78. The molecule has 1 fully saturated rings. The fourth-order valence-electron chi connectivity index (χ4n) is 2.97. The first-order valence-corrected chi connectivity index (χ1v) is 8.06. The number of likely N-dealkylation sites (tertiary alicyclic amines) is 1. The van der Waals surface area contributed by atoms with Crippen molar-refractivity contribution in [2.75, 3.05) is 13.1 Å². The number of hydrogen-bond acceptors (Lipinski definition) is 3. The number of hydrogen-bond donors (Lipinski definition) is 2. The van der Waals surface area contributed by atoms with Gasteiger partial charge in [-0.15, -0.1) is 0 Å². The van der Waals surface area contributed by atoms with Crippen LogP contribution in [-0.4, -0.2) is 45.3 Å². The van der Waals surface area contributed by atoms with E-state index in [4.69, 9.17) is 0 Å². The largest absolute Gasteiger partial charge is 0.393 e. The van der Waals surface area contributed by atoms with Crippen LogP contribution in [0.15, 0.2) is 24.3 Å². The monoisotopic (exact) mass is 313 g/mol. The van der Waals surface area contributed by atoms with Gasteiger partial charge >= 0.3 is 0 Å². The quantitative estimate of drug-likeness (QED) is 0.895. The summed E-state index contributed by atoms with van der Waals surface area (Å²) >= 11 is 0. The van der Waals surface area contributed by atoms with Crippen LogP contribution in [0.5, 0.6) is 0 Å². The van der Waals surface area contributed by atoms with Gasteiger partial charge in [0, 0.05) is 18.7 Å². The number of aliphatic hydroxyl groups excluding tert-OH is 1. The number of amides is 1. The van der Waals surface area contributed by atoms with Crippen molar-refractivity contribution in [3.63, 3.8) is 0 Å². The summed E-state index contributed by atoms with van der Waals surface area (Å²) in [6.45, 7) is 7.28. The molecule has 1 aliphatic heterocycles. The third-order valence-electron chi connectivity index (χ3n) is 4.76. The lowest BCUT2D eigenvalue weighted by Crippen LogP contribution is -2.45. The Hall–Kier alpha value is -2.14. The van der Waals surface area contributed by atoms with Crippen LogP contribution in [0.1, 0.15) is 35.0 Å². The summed E-state index contributed by atoms with van der Waals surface area (Å²) < 4.78 is 0. The van der Waals surface area contributed by atoms with E-state index in [1.165, 1.54) is 11.1 Å². The van der Waals surface area contributed by atoms with Crippen LogP contribution in [-0.2, 0) is 0 Å². The smallest absolute Gasteiger partial charge is 0.271 e. The third kappa shape index (κ3) is 3.15. The van der Waals surface area contributed by atoms with Crippen LogP contribution in [0.4, 0.5) is 0 Å². The summed E-state index contributed by atoms with van der Waals surface area (Å²) in [5.41, 5.74) is 4.73. The molecule has 0 spiro atoms. The van der Waals surface area contributed by atoms with E-state index < -0.39 is 0 Å². The summed E-state index contributed by atoms with van der Waals surface area (Å²) in [6.07, 6.45) is 0.317. The standard InChI is InChI=1S/C18H23N3O2/c1-11-4-5-14(8-12(11)2)15-9-16(20-19-15)18(23)21-7-6-17(22)13(3)10-21/h4-5,8-9,13,17,22H,6-7,10H2,1-3H3,(H,19,20)/t13-,17-/m0/s1. The Morgan fingerprint density at radius 1 is 1.30 bits per heavy atom. The van der Waals surface area contributed by atoms with Crippen molar-refractivity contribution < 1.29 is 9.90 Å². The van der Waals surface area contributed by atoms with Crippen molar-refractivity contribution in [2.45, 2.75) is 33.3 Å². The van der Waals surface area contributed by atoms with Gasteiger partial charge in [0.25, 0.3) is 5.91 Å². The highest BCUT2D eigenvalue weighted by atomic mass is 16.3. The molecule has 1 saturated heterocycles. The zero-order valence-corrected chi connectivity index (χ0v) is 13.8. The van der Waals surface area contributed by atoms with E-state index in [1.807, 2.05) is 19.1 Å². The number of aryl methyl sites for hydroxylation is 2. The number of piperidine rings is 1. The molecule has 0 aliphatic carbocycles. The Labute approximate surface area is 136 Å². The molecule has 2 N–H and O–H groups in total. The maximum absolute atomic E-state index is 12.6. The van der Waals surface area contributed by atoms with Gasteiger partial charge in [0.2, 0.25) is 0 Å². The molecule has 5 heteroatoms. The molecule has 1 amide bonds. The lowest BCUT2D eigenvalue weighted by Gasteiger charge is -2.34. The van der Waals surface area contributed by atoms with Gasteiger partial charge in [-0.2, -0.15) is 5.10 Å². The maximum Gasteiger partial charge on any atom is 0.271 e. The average Bonchev–Trinajstić information content (AvgIpc) is 3.02. The number of carbonyl (C=O) groups is 1. The summed E-state index contributed by atoms with van der Waals surface area (Å²) in [7, 11) is 0. The number of aromatic amines is 1. The van der Waals surface area contributed by atoms with Gasteiger partial charge in [-0.1, -0.05) is 19.1 Å². The normalized spacial score (nSPS) is 21.5. The number of aromatic nitrogens is 2. The number of aliphatic hydroxyl groups is 1. The minimum absolute atomic E-state index is 0.0497. The van der Waals surface area contributed by atoms with Gasteiger partial charge in [0.05, 0.1) is 11.8 Å². The Morgan fingerprint density at radius 2 is 2.09 bits per heavy atom. The first kappa shape index (κ1) is 15.7. The van der Waals surface area contributed by atoms with E-state index in [9.17, 15) is 9.90 Å². The van der Waals surface area contributed by atoms with Gasteiger partial charge in [0.1, 0.15) is 5.69 Å². The molecule has 3 rings (SSSR count). The Bertz CT molecular complexity index is 723. The SMILES string of the molecule is Cc1ccc(-c2cc(C(=O)N3CC[C@H](O)[C@@H](C)C3)[nH]n2)cc1C. The lowest BCUT2D eigenvalue weighted by atomic mass is 9.96. The molecule has 0 saturated carbocycles. The maximum atomic E-state index is 12.6. The minimum atomic E-state index is -0.313. The molecule has 1 aliphatic rings. The number of nitrogens with one attached hydrogen (secondary N) is 1. The molecule has 5 nitrogen and oxygen atoms in total. The number of rotatable bonds is 2. The van der Waals surface area contributed by atoms with Gasteiger partial charge in [-0.05, 0) is 49.4 Å². The van der Waals surface area contributed by atoms with Crippen LogP contribution in [0, 0.1) is 19.8 Å². The van der Waals surface area contributed by atoms with E-state index in [0.29, 0.717) is 25.2 Å². The molecule has 2 heterocycles. The summed E-state index contributed by atoms with van der Waals surface area (Å²) in [5.74, 6) is 0.0566. The summed E-state index contributed by atoms with van der Waals surface area (Å²) in [5, 5.41) is 16.9. The second kappa shape index (κ2) is 6.16. The van der Waals surface area contributed by atoms with Crippen molar-refractivity contribution >= 4 is 5.91 Å². The van der Waals surface area contributed by atoms with Crippen LogP contribution in [0.25, 0.3) is 11.3 Å². The lowest BCUT2D eigenvalue weighted by molar-refractivity contribution is 0.0294.